The zero-order valence-electron chi connectivity index (χ0n) is 20.7. The van der Waals surface area contributed by atoms with Crippen molar-refractivity contribution in [2.24, 2.45) is 0 Å². The fourth-order valence-corrected chi connectivity index (χ4v) is 7.55. The summed E-state index contributed by atoms with van der Waals surface area (Å²) in [6.45, 7) is 8.21. The van der Waals surface area contributed by atoms with Crippen LogP contribution in [0.3, 0.4) is 0 Å². The smallest absolute Gasteiger partial charge is 0.408 e. The maximum Gasteiger partial charge on any atom is 0.408 e. The number of benzene rings is 2. The van der Waals surface area contributed by atoms with Crippen LogP contribution in [0.15, 0.2) is 24.3 Å². The number of carbonyl (C=O) groups excluding carboxylic acids is 2. The summed E-state index contributed by atoms with van der Waals surface area (Å²) < 4.78 is 14.8. The third kappa shape index (κ3) is 9.37. The monoisotopic (exact) mass is 959 g/mol. The second kappa shape index (κ2) is 13.8. The molecule has 1 saturated heterocycles. The van der Waals surface area contributed by atoms with Crippen LogP contribution < -0.4 is 15.4 Å². The van der Waals surface area contributed by atoms with Gasteiger partial charge in [-0.3, -0.25) is 4.79 Å². The molecule has 12 heteroatoms. The van der Waals surface area contributed by atoms with Crippen molar-refractivity contribution in [3.8, 4) is 17.2 Å². The Kier molecular flexibility index (Phi) is 11.7. The van der Waals surface area contributed by atoms with Crippen LogP contribution in [0.4, 0.5) is 4.79 Å². The Morgan fingerprint density at radius 2 is 1.65 bits per heavy atom. The second-order valence-electron chi connectivity index (χ2n) is 9.56. The van der Waals surface area contributed by atoms with Gasteiger partial charge in [-0.15, -0.1) is 0 Å². The van der Waals surface area contributed by atoms with E-state index in [9.17, 15) is 14.7 Å². The Labute approximate surface area is 271 Å². The van der Waals surface area contributed by atoms with E-state index in [0.29, 0.717) is 38.1 Å². The molecule has 0 spiro atoms. The molecule has 202 valence electrons. The Morgan fingerprint density at radius 3 is 2.24 bits per heavy atom. The Hall–Kier alpha value is -0.340. The molecule has 0 aromatic heterocycles. The van der Waals surface area contributed by atoms with Gasteiger partial charge in [0, 0.05) is 26.1 Å². The van der Waals surface area contributed by atoms with E-state index < -0.39 is 17.7 Å². The third-order valence-corrected chi connectivity index (χ3v) is 8.60. The van der Waals surface area contributed by atoms with Crippen molar-refractivity contribution in [3.63, 3.8) is 0 Å². The number of phenolic OH excluding ortho intramolecular Hbond substituents is 1. The average molecular weight is 959 g/mol. The zero-order chi connectivity index (χ0) is 27.3. The number of phenols is 1. The topological polar surface area (TPSA) is 100 Å². The van der Waals surface area contributed by atoms with Gasteiger partial charge in [0.15, 0.2) is 5.75 Å². The molecule has 1 aliphatic rings. The summed E-state index contributed by atoms with van der Waals surface area (Å²) in [4.78, 5) is 27.9. The number of rotatable bonds is 6. The number of amides is 2. The minimum atomic E-state index is -0.758. The summed E-state index contributed by atoms with van der Waals surface area (Å²) in [6, 6.07) is 6.75. The molecule has 1 aliphatic heterocycles. The molecule has 0 saturated carbocycles. The van der Waals surface area contributed by atoms with Gasteiger partial charge in [-0.25, -0.2) is 4.79 Å². The van der Waals surface area contributed by atoms with Crippen molar-refractivity contribution in [1.29, 1.82) is 0 Å². The highest BCUT2D eigenvalue weighted by atomic mass is 127. The first-order valence-electron chi connectivity index (χ1n) is 11.7. The second-order valence-corrected chi connectivity index (χ2v) is 14.2. The third-order valence-electron chi connectivity index (χ3n) is 5.35. The lowest BCUT2D eigenvalue weighted by atomic mass is 10.0. The number of nitrogens with one attached hydrogen (secondary N) is 2. The summed E-state index contributed by atoms with van der Waals surface area (Å²) in [5.74, 6) is 1.45. The number of aromatic hydroxyl groups is 1. The lowest BCUT2D eigenvalue weighted by molar-refractivity contribution is -0.133. The number of nitrogens with zero attached hydrogens (tertiary/aromatic N) is 1. The lowest BCUT2D eigenvalue weighted by Gasteiger charge is -2.28. The molecule has 1 heterocycles. The predicted octanol–water partition coefficient (Wildman–Crippen LogP) is 5.86. The fourth-order valence-electron chi connectivity index (χ4n) is 3.72. The standard InChI is InChI=1S/C25H29I4N3O5/c1-25(2,3)37-24(35)31-20(23(34)32-7-4-5-30-6-8-32)11-14-9-18(28)22(19(29)10-14)36-15-12-16(26)21(33)17(27)13-15/h9-10,12-13,20,30,33H,4-8,11H2,1-3H3,(H,31,35)/t20-/m0/s1. The van der Waals surface area contributed by atoms with Crippen LogP contribution in [0, 0.1) is 14.3 Å². The molecular weight excluding hydrogens is 930 g/mol. The maximum absolute atomic E-state index is 13.5. The minimum Gasteiger partial charge on any atom is -0.506 e. The first kappa shape index (κ1) is 31.2. The number of ether oxygens (including phenoxy) is 2. The first-order valence-corrected chi connectivity index (χ1v) is 16.0. The van der Waals surface area contributed by atoms with E-state index in [1.54, 1.807) is 32.9 Å². The number of hydrogen-bond donors (Lipinski definition) is 3. The molecule has 0 bridgehead atoms. The van der Waals surface area contributed by atoms with E-state index in [-0.39, 0.29) is 11.7 Å². The summed E-state index contributed by atoms with van der Waals surface area (Å²) in [5, 5.41) is 16.2. The van der Waals surface area contributed by atoms with Crippen molar-refractivity contribution < 1.29 is 24.2 Å². The molecule has 37 heavy (non-hydrogen) atoms. The summed E-state index contributed by atoms with van der Waals surface area (Å²) in [7, 11) is 0. The Morgan fingerprint density at radius 1 is 1.03 bits per heavy atom. The number of alkyl carbamates (subject to hydrolysis) is 1. The molecule has 0 unspecified atom stereocenters. The maximum atomic E-state index is 13.5. The summed E-state index contributed by atoms with van der Waals surface area (Å²) in [6.07, 6.45) is 0.574. The largest absolute Gasteiger partial charge is 0.506 e. The van der Waals surface area contributed by atoms with Crippen LogP contribution >= 0.6 is 90.4 Å². The number of hydrogen-bond acceptors (Lipinski definition) is 6. The van der Waals surface area contributed by atoms with Crippen molar-refractivity contribution in [1.82, 2.24) is 15.5 Å². The van der Waals surface area contributed by atoms with E-state index in [4.69, 9.17) is 9.47 Å². The van der Waals surface area contributed by atoms with Gasteiger partial charge in [0.25, 0.3) is 0 Å². The van der Waals surface area contributed by atoms with E-state index in [2.05, 4.69) is 101 Å². The van der Waals surface area contributed by atoms with E-state index >= 15 is 0 Å². The van der Waals surface area contributed by atoms with Gasteiger partial charge in [0.1, 0.15) is 23.1 Å². The molecule has 1 atom stereocenters. The fraction of sp³-hybridized carbons (Fsp3) is 0.440. The van der Waals surface area contributed by atoms with Crippen LogP contribution in [0.2, 0.25) is 0 Å². The normalized spacial score (nSPS) is 15.1. The van der Waals surface area contributed by atoms with Crippen LogP contribution in [-0.4, -0.2) is 59.8 Å². The van der Waals surface area contributed by atoms with Crippen LogP contribution in [-0.2, 0) is 16.0 Å². The number of carbonyl (C=O) groups is 2. The minimum absolute atomic E-state index is 0.117. The van der Waals surface area contributed by atoms with Gasteiger partial charge in [-0.05, 0) is 154 Å². The van der Waals surface area contributed by atoms with Gasteiger partial charge < -0.3 is 30.1 Å². The van der Waals surface area contributed by atoms with Crippen LogP contribution in [0.25, 0.3) is 0 Å². The molecule has 2 amide bonds. The molecule has 0 radical (unpaired) electrons. The quantitative estimate of drug-likeness (QED) is 0.314. The SMILES string of the molecule is CC(C)(C)OC(=O)N[C@@H](Cc1cc(I)c(Oc2cc(I)c(O)c(I)c2)c(I)c1)C(=O)N1CCCNCC1. The van der Waals surface area contributed by atoms with E-state index in [1.807, 2.05) is 17.0 Å². The molecule has 3 rings (SSSR count). The van der Waals surface area contributed by atoms with Gasteiger partial charge in [-0.2, -0.15) is 0 Å². The van der Waals surface area contributed by atoms with Crippen molar-refractivity contribution >= 4 is 102 Å². The summed E-state index contributed by atoms with van der Waals surface area (Å²) in [5.41, 5.74) is 0.232. The highest BCUT2D eigenvalue weighted by Crippen LogP contribution is 2.37. The van der Waals surface area contributed by atoms with Gasteiger partial charge >= 0.3 is 6.09 Å². The molecule has 2 aromatic carbocycles. The highest BCUT2D eigenvalue weighted by Gasteiger charge is 2.29. The molecule has 2 aromatic rings. The van der Waals surface area contributed by atoms with E-state index in [1.165, 1.54) is 0 Å². The molecule has 3 N–H and O–H groups in total. The Bertz CT molecular complexity index is 1100. The van der Waals surface area contributed by atoms with Gasteiger partial charge in [0.05, 0.1) is 14.3 Å². The van der Waals surface area contributed by atoms with Gasteiger partial charge in [-0.1, -0.05) is 0 Å². The summed E-state index contributed by atoms with van der Waals surface area (Å²) >= 11 is 8.59. The predicted molar refractivity (Wildman–Crippen MR) is 176 cm³/mol. The Balaban J connectivity index is 1.84. The van der Waals surface area contributed by atoms with Crippen LogP contribution in [0.1, 0.15) is 32.8 Å². The van der Waals surface area contributed by atoms with Gasteiger partial charge in [0.2, 0.25) is 5.91 Å². The van der Waals surface area contributed by atoms with Crippen molar-refractivity contribution in [3.05, 3.63) is 44.1 Å². The highest BCUT2D eigenvalue weighted by molar-refractivity contribution is 14.1. The van der Waals surface area contributed by atoms with Crippen molar-refractivity contribution in [2.75, 3.05) is 26.2 Å². The van der Waals surface area contributed by atoms with E-state index in [0.717, 1.165) is 32.2 Å². The van der Waals surface area contributed by atoms with Crippen LogP contribution in [0.5, 0.6) is 17.2 Å². The average Bonchev–Trinajstić information content (AvgIpc) is 3.07. The molecule has 1 fully saturated rings. The molecular formula is C25H29I4N3O5. The van der Waals surface area contributed by atoms with Crippen molar-refractivity contribution in [2.45, 2.75) is 45.3 Å². The first-order chi connectivity index (χ1) is 17.3. The molecule has 0 aliphatic carbocycles. The lowest BCUT2D eigenvalue weighted by Crippen LogP contribution is -2.51. The zero-order valence-corrected chi connectivity index (χ0v) is 29.3. The number of halogens is 4. The molecule has 8 nitrogen and oxygen atoms in total.